The standard InChI is InChI=1S/C11H13FO4S/c1-16-11(15)6-2-3-7(8(12)4-6)10(14)9(13)5-17/h2-4,9-10,13-14,17H,5H2,1H3. The molecular weight excluding hydrogens is 247 g/mol. The van der Waals surface area contributed by atoms with Gasteiger partial charge in [-0.05, 0) is 12.1 Å². The van der Waals surface area contributed by atoms with Crippen LogP contribution in [0.25, 0.3) is 0 Å². The zero-order chi connectivity index (χ0) is 13.0. The second kappa shape index (κ2) is 6.00. The Morgan fingerprint density at radius 3 is 2.65 bits per heavy atom. The van der Waals surface area contributed by atoms with Crippen LogP contribution in [0.2, 0.25) is 0 Å². The van der Waals surface area contributed by atoms with Crippen LogP contribution in [0, 0.1) is 5.82 Å². The van der Waals surface area contributed by atoms with E-state index in [9.17, 15) is 19.4 Å². The molecule has 2 unspecified atom stereocenters. The van der Waals surface area contributed by atoms with Crippen LogP contribution in [-0.4, -0.2) is 35.1 Å². The van der Waals surface area contributed by atoms with Crippen molar-refractivity contribution in [1.29, 1.82) is 0 Å². The topological polar surface area (TPSA) is 66.8 Å². The maximum atomic E-state index is 13.6. The first-order valence-electron chi connectivity index (χ1n) is 4.86. The van der Waals surface area contributed by atoms with Gasteiger partial charge in [0.15, 0.2) is 0 Å². The molecule has 0 heterocycles. The van der Waals surface area contributed by atoms with Crippen molar-refractivity contribution in [2.75, 3.05) is 12.9 Å². The molecule has 6 heteroatoms. The number of halogens is 1. The van der Waals surface area contributed by atoms with Crippen molar-refractivity contribution in [2.45, 2.75) is 12.2 Å². The third-order valence-electron chi connectivity index (χ3n) is 2.29. The third-order valence-corrected chi connectivity index (χ3v) is 2.67. The largest absolute Gasteiger partial charge is 0.465 e. The number of carbonyl (C=O) groups is 1. The normalized spacial score (nSPS) is 14.2. The Balaban J connectivity index is 3.01. The van der Waals surface area contributed by atoms with Gasteiger partial charge in [-0.2, -0.15) is 12.6 Å². The van der Waals surface area contributed by atoms with Crippen molar-refractivity contribution in [1.82, 2.24) is 0 Å². The lowest BCUT2D eigenvalue weighted by atomic mass is 10.0. The van der Waals surface area contributed by atoms with Crippen molar-refractivity contribution in [3.05, 3.63) is 35.1 Å². The summed E-state index contributed by atoms with van der Waals surface area (Å²) in [5.74, 6) is -1.44. The zero-order valence-corrected chi connectivity index (χ0v) is 10.0. The lowest BCUT2D eigenvalue weighted by Gasteiger charge is -2.17. The van der Waals surface area contributed by atoms with Crippen molar-refractivity contribution in [3.63, 3.8) is 0 Å². The number of carbonyl (C=O) groups excluding carboxylic acids is 1. The summed E-state index contributed by atoms with van der Waals surface area (Å²) in [7, 11) is 1.19. The third kappa shape index (κ3) is 3.18. The molecule has 2 N–H and O–H groups in total. The van der Waals surface area contributed by atoms with Crippen LogP contribution >= 0.6 is 12.6 Å². The molecule has 0 aliphatic rings. The molecule has 0 aliphatic heterocycles. The van der Waals surface area contributed by atoms with Gasteiger partial charge >= 0.3 is 5.97 Å². The fourth-order valence-electron chi connectivity index (χ4n) is 1.32. The van der Waals surface area contributed by atoms with E-state index < -0.39 is 24.0 Å². The summed E-state index contributed by atoms with van der Waals surface area (Å²) >= 11 is 3.80. The van der Waals surface area contributed by atoms with Gasteiger partial charge in [-0.3, -0.25) is 0 Å². The molecule has 0 bridgehead atoms. The minimum Gasteiger partial charge on any atom is -0.465 e. The summed E-state index contributed by atoms with van der Waals surface area (Å²) < 4.78 is 18.0. The van der Waals surface area contributed by atoms with Gasteiger partial charge in [0.2, 0.25) is 0 Å². The Morgan fingerprint density at radius 2 is 2.18 bits per heavy atom. The Kier molecular flexibility index (Phi) is 4.92. The smallest absolute Gasteiger partial charge is 0.337 e. The SMILES string of the molecule is COC(=O)c1ccc(C(O)C(O)CS)c(F)c1. The first kappa shape index (κ1) is 14.0. The Hall–Kier alpha value is -1.11. The van der Waals surface area contributed by atoms with Crippen LogP contribution in [-0.2, 0) is 4.74 Å². The van der Waals surface area contributed by atoms with E-state index >= 15 is 0 Å². The summed E-state index contributed by atoms with van der Waals surface area (Å²) in [5.41, 5.74) is -0.0412. The number of methoxy groups -OCH3 is 1. The number of ether oxygens (including phenoxy) is 1. The predicted molar refractivity (Wildman–Crippen MR) is 62.6 cm³/mol. The summed E-state index contributed by atoms with van der Waals surface area (Å²) in [5, 5.41) is 18.9. The number of aliphatic hydroxyl groups is 2. The molecule has 0 radical (unpaired) electrons. The molecule has 17 heavy (non-hydrogen) atoms. The summed E-state index contributed by atoms with van der Waals surface area (Å²) in [6.07, 6.45) is -2.55. The van der Waals surface area contributed by atoms with E-state index in [0.717, 1.165) is 6.07 Å². The van der Waals surface area contributed by atoms with Gasteiger partial charge < -0.3 is 14.9 Å². The fraction of sp³-hybridized carbons (Fsp3) is 0.364. The molecule has 0 saturated heterocycles. The highest BCUT2D eigenvalue weighted by Crippen LogP contribution is 2.22. The second-order valence-electron chi connectivity index (χ2n) is 3.42. The monoisotopic (exact) mass is 260 g/mol. The van der Waals surface area contributed by atoms with Gasteiger partial charge in [0.1, 0.15) is 11.9 Å². The van der Waals surface area contributed by atoms with E-state index in [1.165, 1.54) is 19.2 Å². The van der Waals surface area contributed by atoms with Crippen molar-refractivity contribution in [3.8, 4) is 0 Å². The molecular formula is C11H13FO4S. The van der Waals surface area contributed by atoms with Gasteiger partial charge in [0, 0.05) is 11.3 Å². The van der Waals surface area contributed by atoms with Crippen LogP contribution in [0.4, 0.5) is 4.39 Å². The number of hydrogen-bond acceptors (Lipinski definition) is 5. The number of hydrogen-bond donors (Lipinski definition) is 3. The van der Waals surface area contributed by atoms with Gasteiger partial charge in [-0.25, -0.2) is 9.18 Å². The number of thiol groups is 1. The first-order chi connectivity index (χ1) is 8.01. The van der Waals surface area contributed by atoms with Crippen molar-refractivity contribution >= 4 is 18.6 Å². The Labute approximate surface area is 103 Å². The Bertz CT molecular complexity index is 410. The van der Waals surface area contributed by atoms with Gasteiger partial charge in [-0.1, -0.05) is 6.07 Å². The zero-order valence-electron chi connectivity index (χ0n) is 9.13. The average molecular weight is 260 g/mol. The molecule has 0 amide bonds. The number of benzene rings is 1. The van der Waals surface area contributed by atoms with E-state index in [1.807, 2.05) is 0 Å². The van der Waals surface area contributed by atoms with E-state index in [4.69, 9.17) is 0 Å². The Morgan fingerprint density at radius 1 is 1.53 bits per heavy atom. The highest BCUT2D eigenvalue weighted by Gasteiger charge is 2.21. The summed E-state index contributed by atoms with van der Waals surface area (Å²) in [4.78, 5) is 11.1. The molecule has 0 fully saturated rings. The quantitative estimate of drug-likeness (QED) is 0.556. The highest BCUT2D eigenvalue weighted by atomic mass is 32.1. The molecule has 1 aromatic carbocycles. The molecule has 0 spiro atoms. The van der Waals surface area contributed by atoms with Crippen LogP contribution in [0.1, 0.15) is 22.0 Å². The number of esters is 1. The molecule has 1 aromatic rings. The van der Waals surface area contributed by atoms with Crippen LogP contribution < -0.4 is 0 Å². The molecule has 2 atom stereocenters. The summed E-state index contributed by atoms with van der Waals surface area (Å²) in [6, 6.07) is 3.51. The van der Waals surface area contributed by atoms with Crippen molar-refractivity contribution < 1.29 is 24.1 Å². The minimum atomic E-state index is -1.38. The molecule has 0 aromatic heterocycles. The molecule has 0 aliphatic carbocycles. The first-order valence-corrected chi connectivity index (χ1v) is 5.49. The fourth-order valence-corrected chi connectivity index (χ4v) is 1.52. The van der Waals surface area contributed by atoms with E-state index in [0.29, 0.717) is 0 Å². The molecule has 94 valence electrons. The van der Waals surface area contributed by atoms with Gasteiger partial charge in [-0.15, -0.1) is 0 Å². The minimum absolute atomic E-state index is 0.000635. The van der Waals surface area contributed by atoms with E-state index in [2.05, 4.69) is 17.4 Å². The molecule has 0 saturated carbocycles. The maximum absolute atomic E-state index is 13.6. The van der Waals surface area contributed by atoms with Crippen LogP contribution in [0.3, 0.4) is 0 Å². The van der Waals surface area contributed by atoms with Gasteiger partial charge in [0.05, 0.1) is 18.8 Å². The second-order valence-corrected chi connectivity index (χ2v) is 3.79. The average Bonchev–Trinajstić information content (AvgIpc) is 2.35. The predicted octanol–water partition coefficient (Wildman–Crippen LogP) is 0.936. The summed E-state index contributed by atoms with van der Waals surface area (Å²) in [6.45, 7) is 0. The van der Waals surface area contributed by atoms with E-state index in [-0.39, 0.29) is 16.9 Å². The highest BCUT2D eigenvalue weighted by molar-refractivity contribution is 7.80. The lowest BCUT2D eigenvalue weighted by Crippen LogP contribution is -2.21. The van der Waals surface area contributed by atoms with Crippen LogP contribution in [0.15, 0.2) is 18.2 Å². The number of rotatable bonds is 4. The van der Waals surface area contributed by atoms with E-state index in [1.54, 1.807) is 0 Å². The molecule has 1 rings (SSSR count). The molecule has 4 nitrogen and oxygen atoms in total. The van der Waals surface area contributed by atoms with Gasteiger partial charge in [0.25, 0.3) is 0 Å². The van der Waals surface area contributed by atoms with Crippen molar-refractivity contribution in [2.24, 2.45) is 0 Å². The lowest BCUT2D eigenvalue weighted by molar-refractivity contribution is 0.0314. The maximum Gasteiger partial charge on any atom is 0.337 e. The van der Waals surface area contributed by atoms with Crippen LogP contribution in [0.5, 0.6) is 0 Å². The number of aliphatic hydroxyl groups excluding tert-OH is 2.